The summed E-state index contributed by atoms with van der Waals surface area (Å²) in [4.78, 5) is 17.7. The Morgan fingerprint density at radius 3 is 2.56 bits per heavy atom. The van der Waals surface area contributed by atoms with E-state index in [1.807, 2.05) is 79.1 Å². The molecule has 1 N–H and O–H groups in total. The van der Waals surface area contributed by atoms with Gasteiger partial charge in [-0.3, -0.25) is 14.3 Å². The molecule has 174 valence electrons. The number of ether oxygens (including phenoxy) is 1. The SMILES string of the molecule is COCCn1c(SC(C(=O)Nc2cc(C)ccc2C)c2ccccc2)nnc1-c1ccncc1. The van der Waals surface area contributed by atoms with Crippen molar-refractivity contribution in [2.45, 2.75) is 30.8 Å². The predicted octanol–water partition coefficient (Wildman–Crippen LogP) is 5.08. The van der Waals surface area contributed by atoms with Crippen molar-refractivity contribution in [1.82, 2.24) is 19.7 Å². The number of carbonyl (C=O) groups is 1. The van der Waals surface area contributed by atoms with Crippen LogP contribution in [0.25, 0.3) is 11.4 Å². The lowest BCUT2D eigenvalue weighted by atomic mass is 10.1. The predicted molar refractivity (Wildman–Crippen MR) is 135 cm³/mol. The molecule has 34 heavy (non-hydrogen) atoms. The van der Waals surface area contributed by atoms with Gasteiger partial charge in [0.05, 0.1) is 13.2 Å². The van der Waals surface area contributed by atoms with Crippen LogP contribution in [0.4, 0.5) is 5.69 Å². The standard InChI is InChI=1S/C26H27N5O2S/c1-18-9-10-19(2)22(17-18)28-25(32)23(20-7-5-4-6-8-20)34-26-30-29-24(31(26)15-16-33-3)21-11-13-27-14-12-21/h4-14,17,23H,15-16H2,1-3H3,(H,28,32). The highest BCUT2D eigenvalue weighted by atomic mass is 32.2. The highest BCUT2D eigenvalue weighted by molar-refractivity contribution is 8.00. The lowest BCUT2D eigenvalue weighted by Gasteiger charge is -2.18. The molecule has 1 atom stereocenters. The van der Waals surface area contributed by atoms with Crippen molar-refractivity contribution < 1.29 is 9.53 Å². The zero-order chi connectivity index (χ0) is 23.9. The molecule has 0 saturated carbocycles. The third-order valence-corrected chi connectivity index (χ3v) is 6.62. The molecule has 0 fully saturated rings. The minimum Gasteiger partial charge on any atom is -0.383 e. The third-order valence-electron chi connectivity index (χ3n) is 5.39. The number of nitrogens with zero attached hydrogens (tertiary/aromatic N) is 4. The van der Waals surface area contributed by atoms with Gasteiger partial charge in [-0.1, -0.05) is 54.2 Å². The molecule has 4 rings (SSSR count). The molecule has 0 spiro atoms. The van der Waals surface area contributed by atoms with Gasteiger partial charge in [0.2, 0.25) is 5.91 Å². The molecule has 0 radical (unpaired) electrons. The summed E-state index contributed by atoms with van der Waals surface area (Å²) in [6.45, 7) is 5.05. The van der Waals surface area contributed by atoms with Crippen LogP contribution in [-0.2, 0) is 16.1 Å². The number of methoxy groups -OCH3 is 1. The number of thioether (sulfide) groups is 1. The number of aryl methyl sites for hydroxylation is 2. The van der Waals surface area contributed by atoms with Crippen LogP contribution in [0, 0.1) is 13.8 Å². The summed E-state index contributed by atoms with van der Waals surface area (Å²) >= 11 is 1.38. The average Bonchev–Trinajstić information content (AvgIpc) is 3.26. The van der Waals surface area contributed by atoms with Crippen molar-refractivity contribution in [3.8, 4) is 11.4 Å². The topological polar surface area (TPSA) is 81.9 Å². The molecular formula is C26H27N5O2S. The van der Waals surface area contributed by atoms with Crippen molar-refractivity contribution in [2.75, 3.05) is 19.0 Å². The van der Waals surface area contributed by atoms with Gasteiger partial charge in [-0.2, -0.15) is 0 Å². The second-order valence-corrected chi connectivity index (χ2v) is 8.97. The van der Waals surface area contributed by atoms with Crippen LogP contribution in [0.3, 0.4) is 0 Å². The zero-order valence-electron chi connectivity index (χ0n) is 19.4. The first-order valence-corrected chi connectivity index (χ1v) is 11.9. The highest BCUT2D eigenvalue weighted by Crippen LogP contribution is 2.37. The second-order valence-electron chi connectivity index (χ2n) is 7.90. The van der Waals surface area contributed by atoms with Gasteiger partial charge in [0.25, 0.3) is 0 Å². The van der Waals surface area contributed by atoms with Gasteiger partial charge < -0.3 is 10.1 Å². The first-order chi connectivity index (χ1) is 16.6. The van der Waals surface area contributed by atoms with E-state index in [1.165, 1.54) is 11.8 Å². The van der Waals surface area contributed by atoms with Gasteiger partial charge in [-0.25, -0.2) is 0 Å². The van der Waals surface area contributed by atoms with Crippen LogP contribution in [0.1, 0.15) is 21.9 Å². The Morgan fingerprint density at radius 2 is 1.82 bits per heavy atom. The molecular weight excluding hydrogens is 446 g/mol. The number of hydrogen-bond donors (Lipinski definition) is 1. The zero-order valence-corrected chi connectivity index (χ0v) is 20.2. The number of nitrogens with one attached hydrogen (secondary N) is 1. The van der Waals surface area contributed by atoms with E-state index < -0.39 is 5.25 Å². The average molecular weight is 474 g/mol. The highest BCUT2D eigenvalue weighted by Gasteiger charge is 2.26. The summed E-state index contributed by atoms with van der Waals surface area (Å²) in [5, 5.41) is 12.1. The third kappa shape index (κ3) is 5.52. The molecule has 0 aliphatic carbocycles. The van der Waals surface area contributed by atoms with E-state index in [0.29, 0.717) is 24.1 Å². The number of rotatable bonds is 9. The van der Waals surface area contributed by atoms with E-state index in [1.54, 1.807) is 19.5 Å². The molecule has 0 saturated heterocycles. The van der Waals surface area contributed by atoms with Crippen molar-refractivity contribution in [1.29, 1.82) is 0 Å². The summed E-state index contributed by atoms with van der Waals surface area (Å²) in [5.41, 5.74) is 4.71. The van der Waals surface area contributed by atoms with E-state index in [-0.39, 0.29) is 5.91 Å². The number of benzene rings is 2. The quantitative estimate of drug-likeness (QED) is 0.342. The Morgan fingerprint density at radius 1 is 1.06 bits per heavy atom. The van der Waals surface area contributed by atoms with Crippen LogP contribution in [0.2, 0.25) is 0 Å². The first-order valence-electron chi connectivity index (χ1n) is 11.0. The van der Waals surface area contributed by atoms with Crippen molar-refractivity contribution in [2.24, 2.45) is 0 Å². The van der Waals surface area contributed by atoms with Crippen LogP contribution in [0.15, 0.2) is 78.2 Å². The van der Waals surface area contributed by atoms with Gasteiger partial charge >= 0.3 is 0 Å². The molecule has 0 aliphatic rings. The van der Waals surface area contributed by atoms with E-state index in [4.69, 9.17) is 4.74 Å². The van der Waals surface area contributed by atoms with E-state index >= 15 is 0 Å². The van der Waals surface area contributed by atoms with Gasteiger partial charge in [0.1, 0.15) is 5.25 Å². The normalized spacial score (nSPS) is 11.9. The number of pyridine rings is 1. The summed E-state index contributed by atoms with van der Waals surface area (Å²) in [6.07, 6.45) is 3.45. The van der Waals surface area contributed by atoms with E-state index in [9.17, 15) is 4.79 Å². The lowest BCUT2D eigenvalue weighted by Crippen LogP contribution is -2.20. The largest absolute Gasteiger partial charge is 0.383 e. The molecule has 7 nitrogen and oxygen atoms in total. The van der Waals surface area contributed by atoms with Crippen LogP contribution in [-0.4, -0.2) is 39.4 Å². The molecule has 0 bridgehead atoms. The number of aromatic nitrogens is 4. The first kappa shape index (κ1) is 23.7. The number of amides is 1. The lowest BCUT2D eigenvalue weighted by molar-refractivity contribution is -0.115. The number of hydrogen-bond acceptors (Lipinski definition) is 6. The Kier molecular flexibility index (Phi) is 7.72. The molecule has 2 aromatic carbocycles. The minimum absolute atomic E-state index is 0.114. The van der Waals surface area contributed by atoms with E-state index in [0.717, 1.165) is 27.9 Å². The fourth-order valence-electron chi connectivity index (χ4n) is 3.55. The summed E-state index contributed by atoms with van der Waals surface area (Å²) in [7, 11) is 1.66. The molecule has 2 aromatic heterocycles. The van der Waals surface area contributed by atoms with Crippen LogP contribution < -0.4 is 5.32 Å². The molecule has 4 aromatic rings. The number of anilines is 1. The Labute approximate surface area is 203 Å². The van der Waals surface area contributed by atoms with E-state index in [2.05, 4.69) is 20.5 Å². The number of carbonyl (C=O) groups excluding carboxylic acids is 1. The van der Waals surface area contributed by atoms with Gasteiger partial charge in [-0.05, 0) is 48.7 Å². The Balaban J connectivity index is 1.69. The van der Waals surface area contributed by atoms with Gasteiger partial charge in [-0.15, -0.1) is 10.2 Å². The maximum absolute atomic E-state index is 13.6. The van der Waals surface area contributed by atoms with Gasteiger partial charge in [0, 0.05) is 30.8 Å². The maximum Gasteiger partial charge on any atom is 0.242 e. The molecule has 2 heterocycles. The summed E-state index contributed by atoms with van der Waals surface area (Å²) < 4.78 is 7.31. The molecule has 8 heteroatoms. The monoisotopic (exact) mass is 473 g/mol. The van der Waals surface area contributed by atoms with Gasteiger partial charge in [0.15, 0.2) is 11.0 Å². The fraction of sp³-hybridized carbons (Fsp3) is 0.231. The fourth-order valence-corrected chi connectivity index (χ4v) is 4.61. The summed E-state index contributed by atoms with van der Waals surface area (Å²) in [6, 6.07) is 19.6. The molecule has 0 aliphatic heterocycles. The Bertz CT molecular complexity index is 1240. The molecule has 1 amide bonds. The summed E-state index contributed by atoms with van der Waals surface area (Å²) in [5.74, 6) is 0.598. The van der Waals surface area contributed by atoms with Crippen molar-refractivity contribution in [3.05, 3.63) is 89.7 Å². The van der Waals surface area contributed by atoms with Crippen LogP contribution >= 0.6 is 11.8 Å². The molecule has 1 unspecified atom stereocenters. The maximum atomic E-state index is 13.6. The van der Waals surface area contributed by atoms with Crippen LogP contribution in [0.5, 0.6) is 0 Å². The van der Waals surface area contributed by atoms with Crippen molar-refractivity contribution in [3.63, 3.8) is 0 Å². The smallest absolute Gasteiger partial charge is 0.242 e. The van der Waals surface area contributed by atoms with Crippen molar-refractivity contribution >= 4 is 23.4 Å². The minimum atomic E-state index is -0.517. The second kappa shape index (κ2) is 11.1. The Hall–Kier alpha value is -3.49.